The van der Waals surface area contributed by atoms with Gasteiger partial charge < -0.3 is 9.64 Å². The van der Waals surface area contributed by atoms with Gasteiger partial charge in [-0.25, -0.2) is 4.98 Å². The Kier molecular flexibility index (Phi) is 5.59. The Morgan fingerprint density at radius 1 is 1.33 bits per heavy atom. The largest absolute Gasteiger partial charge is 0.492 e. The molecule has 1 aromatic heterocycles. The van der Waals surface area contributed by atoms with Gasteiger partial charge in [0, 0.05) is 22.7 Å². The third-order valence-electron chi connectivity index (χ3n) is 2.82. The van der Waals surface area contributed by atoms with Gasteiger partial charge in [-0.1, -0.05) is 11.6 Å². The number of benzene rings is 1. The maximum atomic E-state index is 12.2. The Balaban J connectivity index is 1.87. The van der Waals surface area contributed by atoms with Crippen molar-refractivity contribution in [3.05, 3.63) is 57.8 Å². The average molecular weight is 370 g/mol. The first-order valence-electron chi connectivity index (χ1n) is 6.32. The lowest BCUT2D eigenvalue weighted by molar-refractivity contribution is 0.0767. The Bertz CT molecular complexity index is 619. The van der Waals surface area contributed by atoms with Crippen molar-refractivity contribution in [1.82, 2.24) is 9.88 Å². The summed E-state index contributed by atoms with van der Waals surface area (Å²) < 4.78 is 6.24. The molecule has 0 atom stereocenters. The van der Waals surface area contributed by atoms with Gasteiger partial charge in [0.05, 0.1) is 6.54 Å². The van der Waals surface area contributed by atoms with Crippen LogP contribution in [0.1, 0.15) is 10.5 Å². The minimum Gasteiger partial charge on any atom is -0.492 e. The molecule has 0 radical (unpaired) electrons. The highest BCUT2D eigenvalue weighted by Gasteiger charge is 2.15. The van der Waals surface area contributed by atoms with E-state index in [1.54, 1.807) is 54.5 Å². The van der Waals surface area contributed by atoms with E-state index < -0.39 is 0 Å². The van der Waals surface area contributed by atoms with Crippen molar-refractivity contribution in [1.29, 1.82) is 0 Å². The molecule has 0 aliphatic rings. The van der Waals surface area contributed by atoms with Crippen LogP contribution in [0.15, 0.2) is 47.1 Å². The Hall–Kier alpha value is -1.59. The van der Waals surface area contributed by atoms with E-state index >= 15 is 0 Å². The van der Waals surface area contributed by atoms with Crippen LogP contribution in [-0.2, 0) is 0 Å². The zero-order chi connectivity index (χ0) is 15.2. The smallest absolute Gasteiger partial charge is 0.273 e. The first kappa shape index (κ1) is 15.8. The minimum atomic E-state index is -0.151. The summed E-state index contributed by atoms with van der Waals surface area (Å²) in [5, 5.41) is 0.662. The highest BCUT2D eigenvalue weighted by atomic mass is 79.9. The number of ether oxygens (including phenoxy) is 1. The first-order chi connectivity index (χ1) is 10.1. The first-order valence-corrected chi connectivity index (χ1v) is 7.49. The van der Waals surface area contributed by atoms with Crippen molar-refractivity contribution in [2.45, 2.75) is 0 Å². The maximum Gasteiger partial charge on any atom is 0.273 e. The second kappa shape index (κ2) is 7.43. The van der Waals surface area contributed by atoms with E-state index in [1.807, 2.05) is 0 Å². The molecule has 0 fully saturated rings. The molecule has 1 aromatic carbocycles. The van der Waals surface area contributed by atoms with Gasteiger partial charge >= 0.3 is 0 Å². The van der Waals surface area contributed by atoms with E-state index in [0.29, 0.717) is 28.3 Å². The van der Waals surface area contributed by atoms with Gasteiger partial charge in [0.1, 0.15) is 18.1 Å². The molecule has 0 bridgehead atoms. The summed E-state index contributed by atoms with van der Waals surface area (Å²) in [6.07, 6.45) is 1.59. The molecule has 0 unspecified atom stereocenters. The number of amides is 1. The fourth-order valence-electron chi connectivity index (χ4n) is 1.66. The lowest BCUT2D eigenvalue weighted by Crippen LogP contribution is -2.31. The molecule has 0 spiro atoms. The Labute approximate surface area is 136 Å². The topological polar surface area (TPSA) is 42.4 Å². The van der Waals surface area contributed by atoms with E-state index in [1.165, 1.54) is 0 Å². The van der Waals surface area contributed by atoms with Gasteiger partial charge in [0.15, 0.2) is 0 Å². The summed E-state index contributed by atoms with van der Waals surface area (Å²) in [4.78, 5) is 17.9. The molecule has 1 amide bonds. The second-order valence-corrected chi connectivity index (χ2v) is 5.65. The maximum absolute atomic E-state index is 12.2. The summed E-state index contributed by atoms with van der Waals surface area (Å²) in [5.74, 6) is 0.571. The molecule has 0 saturated carbocycles. The summed E-state index contributed by atoms with van der Waals surface area (Å²) in [6, 6.07) is 10.7. The standard InChI is InChI=1S/C15H14BrClN2O2/c1-19(15(20)14-13(16)3-2-8-18-14)9-10-21-12-6-4-11(17)5-7-12/h2-8H,9-10H2,1H3. The number of carbonyl (C=O) groups excluding carboxylic acids is 1. The SMILES string of the molecule is CN(CCOc1ccc(Cl)cc1)C(=O)c1ncccc1Br. The van der Waals surface area contributed by atoms with Crippen LogP contribution in [0.2, 0.25) is 5.02 Å². The summed E-state index contributed by atoms with van der Waals surface area (Å²) in [5.41, 5.74) is 0.395. The van der Waals surface area contributed by atoms with Gasteiger partial charge in [0.25, 0.3) is 5.91 Å². The lowest BCUT2D eigenvalue weighted by atomic mass is 10.3. The second-order valence-electron chi connectivity index (χ2n) is 4.36. The summed E-state index contributed by atoms with van der Waals surface area (Å²) >= 11 is 9.12. The minimum absolute atomic E-state index is 0.151. The van der Waals surface area contributed by atoms with Crippen LogP contribution in [0.3, 0.4) is 0 Å². The lowest BCUT2D eigenvalue weighted by Gasteiger charge is -2.17. The van der Waals surface area contributed by atoms with Gasteiger partial charge in [-0.05, 0) is 52.3 Å². The molecular formula is C15H14BrClN2O2. The van der Waals surface area contributed by atoms with Gasteiger partial charge in [-0.15, -0.1) is 0 Å². The molecule has 6 heteroatoms. The van der Waals surface area contributed by atoms with Crippen LogP contribution >= 0.6 is 27.5 Å². The number of aromatic nitrogens is 1. The van der Waals surface area contributed by atoms with Crippen LogP contribution in [0.5, 0.6) is 5.75 Å². The predicted octanol–water partition coefficient (Wildman–Crippen LogP) is 3.65. The van der Waals surface area contributed by atoms with Crippen molar-refractivity contribution in [3.8, 4) is 5.75 Å². The summed E-state index contributed by atoms with van der Waals surface area (Å²) in [7, 11) is 1.72. The van der Waals surface area contributed by atoms with Crippen LogP contribution < -0.4 is 4.74 Å². The van der Waals surface area contributed by atoms with E-state index in [4.69, 9.17) is 16.3 Å². The van der Waals surface area contributed by atoms with Crippen molar-refractivity contribution in [3.63, 3.8) is 0 Å². The number of likely N-dealkylation sites (N-methyl/N-ethyl adjacent to an activating group) is 1. The zero-order valence-corrected chi connectivity index (χ0v) is 13.8. The van der Waals surface area contributed by atoms with Gasteiger partial charge in [-0.3, -0.25) is 4.79 Å². The van der Waals surface area contributed by atoms with E-state index in [9.17, 15) is 4.79 Å². The van der Waals surface area contributed by atoms with Gasteiger partial charge in [-0.2, -0.15) is 0 Å². The predicted molar refractivity (Wildman–Crippen MR) is 85.8 cm³/mol. The van der Waals surface area contributed by atoms with E-state index in [2.05, 4.69) is 20.9 Å². The fraction of sp³-hybridized carbons (Fsp3) is 0.200. The number of halogens is 2. The molecule has 0 saturated heterocycles. The molecular weight excluding hydrogens is 356 g/mol. The fourth-order valence-corrected chi connectivity index (χ4v) is 2.21. The number of rotatable bonds is 5. The normalized spacial score (nSPS) is 10.2. The number of nitrogens with zero attached hydrogens (tertiary/aromatic N) is 2. The van der Waals surface area contributed by atoms with E-state index in [-0.39, 0.29) is 5.91 Å². The average Bonchev–Trinajstić information content (AvgIpc) is 2.49. The van der Waals surface area contributed by atoms with Crippen LogP contribution in [0.4, 0.5) is 0 Å². The van der Waals surface area contributed by atoms with Crippen LogP contribution in [0.25, 0.3) is 0 Å². The number of carbonyl (C=O) groups is 1. The third kappa shape index (κ3) is 4.44. The molecule has 21 heavy (non-hydrogen) atoms. The van der Waals surface area contributed by atoms with Crippen molar-refractivity contribution in [2.24, 2.45) is 0 Å². The molecule has 2 aromatic rings. The highest BCUT2D eigenvalue weighted by molar-refractivity contribution is 9.10. The van der Waals surface area contributed by atoms with Crippen LogP contribution in [-0.4, -0.2) is 36.0 Å². The molecule has 2 rings (SSSR count). The Morgan fingerprint density at radius 2 is 2.05 bits per heavy atom. The van der Waals surface area contributed by atoms with E-state index in [0.717, 1.165) is 5.75 Å². The van der Waals surface area contributed by atoms with Gasteiger partial charge in [0.2, 0.25) is 0 Å². The Morgan fingerprint density at radius 3 is 2.71 bits per heavy atom. The number of hydrogen-bond acceptors (Lipinski definition) is 3. The van der Waals surface area contributed by atoms with Crippen LogP contribution in [0, 0.1) is 0 Å². The molecule has 1 heterocycles. The molecule has 0 aliphatic carbocycles. The number of hydrogen-bond donors (Lipinski definition) is 0. The van der Waals surface area contributed by atoms with Crippen molar-refractivity contribution >= 4 is 33.4 Å². The quantitative estimate of drug-likeness (QED) is 0.808. The number of pyridine rings is 1. The monoisotopic (exact) mass is 368 g/mol. The molecule has 0 aliphatic heterocycles. The third-order valence-corrected chi connectivity index (χ3v) is 3.71. The molecule has 4 nitrogen and oxygen atoms in total. The molecule has 0 N–H and O–H groups in total. The van der Waals surface area contributed by atoms with Crippen molar-refractivity contribution < 1.29 is 9.53 Å². The summed E-state index contributed by atoms with van der Waals surface area (Å²) in [6.45, 7) is 0.860. The highest BCUT2D eigenvalue weighted by Crippen LogP contribution is 2.16. The van der Waals surface area contributed by atoms with Crippen molar-refractivity contribution in [2.75, 3.05) is 20.2 Å². The molecule has 110 valence electrons. The zero-order valence-electron chi connectivity index (χ0n) is 11.4.